The van der Waals surface area contributed by atoms with Crippen LogP contribution in [0.4, 0.5) is 4.39 Å². The molecule has 2 rings (SSSR count). The molecule has 1 aliphatic heterocycles. The van der Waals surface area contributed by atoms with Gasteiger partial charge in [0.15, 0.2) is 4.32 Å². The third kappa shape index (κ3) is 3.36. The minimum atomic E-state index is -0.532. The Hall–Kier alpha value is -1.44. The summed E-state index contributed by atoms with van der Waals surface area (Å²) < 4.78 is 13.3. The molecule has 1 N–H and O–H groups in total. The van der Waals surface area contributed by atoms with Crippen LogP contribution in [-0.4, -0.2) is 27.0 Å². The first-order valence-electron chi connectivity index (χ1n) is 5.40. The summed E-state index contributed by atoms with van der Waals surface area (Å²) in [5.41, 5.74) is 2.83. The van der Waals surface area contributed by atoms with Gasteiger partial charge in [0.25, 0.3) is 11.8 Å². The van der Waals surface area contributed by atoms with E-state index >= 15 is 0 Å². The first-order valence-corrected chi connectivity index (χ1v) is 7.16. The second-order valence-electron chi connectivity index (χ2n) is 3.74. The minimum Gasteiger partial charge on any atom is -0.272 e. The zero-order chi connectivity index (χ0) is 14.7. The Kier molecular flexibility index (Phi) is 4.74. The lowest BCUT2D eigenvalue weighted by atomic mass is 10.2. The Morgan fingerprint density at radius 2 is 2.30 bits per heavy atom. The maximum atomic E-state index is 13.1. The SMILES string of the molecule is O=C(CCl)NN1C(=O)C(=Cc2cccc(F)c2)SC1=S. The Bertz CT molecular complexity index is 621. The molecule has 104 valence electrons. The molecule has 20 heavy (non-hydrogen) atoms. The van der Waals surface area contributed by atoms with Crippen molar-refractivity contribution < 1.29 is 14.0 Å². The standard InChI is InChI=1S/C12H8ClFN2O2S2/c13-6-10(17)15-16-11(18)9(20-12(16)19)5-7-2-1-3-8(14)4-7/h1-5H,6H2,(H,15,17). The fourth-order valence-electron chi connectivity index (χ4n) is 1.47. The molecule has 1 saturated heterocycles. The van der Waals surface area contributed by atoms with Crippen LogP contribution in [0.3, 0.4) is 0 Å². The van der Waals surface area contributed by atoms with Crippen molar-refractivity contribution in [2.75, 3.05) is 5.88 Å². The molecule has 0 atom stereocenters. The molecule has 0 aromatic heterocycles. The lowest BCUT2D eigenvalue weighted by molar-refractivity contribution is -0.131. The highest BCUT2D eigenvalue weighted by molar-refractivity contribution is 8.26. The number of thioether (sulfide) groups is 1. The Labute approximate surface area is 128 Å². The molecule has 4 nitrogen and oxygen atoms in total. The molecular formula is C12H8ClFN2O2S2. The van der Waals surface area contributed by atoms with Crippen molar-refractivity contribution in [1.29, 1.82) is 0 Å². The van der Waals surface area contributed by atoms with Crippen molar-refractivity contribution in [1.82, 2.24) is 10.4 Å². The van der Waals surface area contributed by atoms with Crippen molar-refractivity contribution in [2.24, 2.45) is 0 Å². The summed E-state index contributed by atoms with van der Waals surface area (Å²) in [6.45, 7) is 0. The number of alkyl halides is 1. The molecule has 2 amide bonds. The van der Waals surface area contributed by atoms with Gasteiger partial charge in [0, 0.05) is 0 Å². The molecule has 1 heterocycles. The second-order valence-corrected chi connectivity index (χ2v) is 5.68. The maximum Gasteiger partial charge on any atom is 0.285 e. The summed E-state index contributed by atoms with van der Waals surface area (Å²) >= 11 is 11.4. The van der Waals surface area contributed by atoms with E-state index in [1.54, 1.807) is 6.07 Å². The fourth-order valence-corrected chi connectivity index (χ4v) is 2.71. The fraction of sp³-hybridized carbons (Fsp3) is 0.0833. The zero-order valence-electron chi connectivity index (χ0n) is 9.93. The summed E-state index contributed by atoms with van der Waals surface area (Å²) in [7, 11) is 0. The largest absolute Gasteiger partial charge is 0.285 e. The summed E-state index contributed by atoms with van der Waals surface area (Å²) in [6.07, 6.45) is 1.51. The monoisotopic (exact) mass is 330 g/mol. The smallest absolute Gasteiger partial charge is 0.272 e. The topological polar surface area (TPSA) is 49.4 Å². The average Bonchev–Trinajstić information content (AvgIpc) is 2.66. The number of benzene rings is 1. The van der Waals surface area contributed by atoms with Crippen molar-refractivity contribution in [3.63, 3.8) is 0 Å². The van der Waals surface area contributed by atoms with Gasteiger partial charge in [0.05, 0.1) is 4.91 Å². The molecule has 0 aliphatic carbocycles. The van der Waals surface area contributed by atoms with Crippen LogP contribution < -0.4 is 5.43 Å². The number of thiocarbonyl (C=S) groups is 1. The summed E-state index contributed by atoms with van der Waals surface area (Å²) in [5, 5.41) is 0.954. The highest BCUT2D eigenvalue weighted by Gasteiger charge is 2.33. The Morgan fingerprint density at radius 3 is 2.95 bits per heavy atom. The molecule has 1 aromatic carbocycles. The van der Waals surface area contributed by atoms with Gasteiger partial charge in [0.1, 0.15) is 11.7 Å². The van der Waals surface area contributed by atoms with E-state index in [2.05, 4.69) is 5.43 Å². The molecule has 1 aromatic rings. The van der Waals surface area contributed by atoms with Gasteiger partial charge in [-0.2, -0.15) is 5.01 Å². The number of hydrogen-bond donors (Lipinski definition) is 1. The minimum absolute atomic E-state index is 0.191. The quantitative estimate of drug-likeness (QED) is 0.525. The van der Waals surface area contributed by atoms with Gasteiger partial charge in [-0.05, 0) is 36.0 Å². The highest BCUT2D eigenvalue weighted by Crippen LogP contribution is 2.31. The lowest BCUT2D eigenvalue weighted by Crippen LogP contribution is -2.45. The number of amides is 2. The summed E-state index contributed by atoms with van der Waals surface area (Å²) in [5.74, 6) is -1.68. The zero-order valence-corrected chi connectivity index (χ0v) is 12.3. The maximum absolute atomic E-state index is 13.1. The average molecular weight is 331 g/mol. The lowest BCUT2D eigenvalue weighted by Gasteiger charge is -2.14. The van der Waals surface area contributed by atoms with E-state index in [0.717, 1.165) is 16.8 Å². The summed E-state index contributed by atoms with van der Waals surface area (Å²) in [6, 6.07) is 5.80. The molecule has 0 saturated carbocycles. The van der Waals surface area contributed by atoms with Gasteiger partial charge in [0.2, 0.25) is 0 Å². The number of hydrazine groups is 1. The van der Waals surface area contributed by atoms with E-state index in [1.165, 1.54) is 24.3 Å². The summed E-state index contributed by atoms with van der Waals surface area (Å²) in [4.78, 5) is 23.5. The van der Waals surface area contributed by atoms with Crippen molar-refractivity contribution in [3.8, 4) is 0 Å². The number of hydrogen-bond acceptors (Lipinski definition) is 4. The second kappa shape index (κ2) is 6.34. The highest BCUT2D eigenvalue weighted by atomic mass is 35.5. The molecule has 0 unspecified atom stereocenters. The van der Waals surface area contributed by atoms with E-state index in [0.29, 0.717) is 10.5 Å². The van der Waals surface area contributed by atoms with Gasteiger partial charge in [-0.25, -0.2) is 4.39 Å². The molecule has 8 heteroatoms. The van der Waals surface area contributed by atoms with E-state index < -0.39 is 17.6 Å². The first-order chi connectivity index (χ1) is 9.51. The Balaban J connectivity index is 2.21. The number of halogens is 2. The Morgan fingerprint density at radius 1 is 1.55 bits per heavy atom. The van der Waals surface area contributed by atoms with Crippen LogP contribution in [0.25, 0.3) is 6.08 Å². The number of carbonyl (C=O) groups excluding carboxylic acids is 2. The van der Waals surface area contributed by atoms with Crippen LogP contribution in [0, 0.1) is 5.82 Å². The van der Waals surface area contributed by atoms with Crippen LogP contribution in [0.1, 0.15) is 5.56 Å². The van der Waals surface area contributed by atoms with Gasteiger partial charge in [-0.3, -0.25) is 15.0 Å². The third-order valence-electron chi connectivity index (χ3n) is 2.30. The number of nitrogens with one attached hydrogen (secondary N) is 1. The number of carbonyl (C=O) groups is 2. The van der Waals surface area contributed by atoms with Crippen LogP contribution >= 0.6 is 35.6 Å². The van der Waals surface area contributed by atoms with E-state index in [1.807, 2.05) is 0 Å². The normalized spacial score (nSPS) is 16.9. The van der Waals surface area contributed by atoms with Crippen LogP contribution in [0.15, 0.2) is 29.2 Å². The van der Waals surface area contributed by atoms with Crippen LogP contribution in [0.5, 0.6) is 0 Å². The van der Waals surface area contributed by atoms with E-state index in [-0.39, 0.29) is 10.2 Å². The van der Waals surface area contributed by atoms with Gasteiger partial charge in [-0.15, -0.1) is 11.6 Å². The van der Waals surface area contributed by atoms with Gasteiger partial charge < -0.3 is 0 Å². The number of nitrogens with zero attached hydrogens (tertiary/aromatic N) is 1. The number of rotatable bonds is 3. The van der Waals surface area contributed by atoms with Crippen LogP contribution in [0.2, 0.25) is 0 Å². The van der Waals surface area contributed by atoms with Gasteiger partial charge >= 0.3 is 0 Å². The third-order valence-corrected chi connectivity index (χ3v) is 3.84. The molecule has 0 radical (unpaired) electrons. The molecule has 0 bridgehead atoms. The van der Waals surface area contributed by atoms with E-state index in [4.69, 9.17) is 23.8 Å². The molecule has 0 spiro atoms. The molecule has 1 fully saturated rings. The van der Waals surface area contributed by atoms with Gasteiger partial charge in [-0.1, -0.05) is 23.9 Å². The van der Waals surface area contributed by atoms with Crippen molar-refractivity contribution >= 4 is 57.8 Å². The predicted octanol–water partition coefficient (Wildman–Crippen LogP) is 2.30. The molecule has 1 aliphatic rings. The van der Waals surface area contributed by atoms with Crippen molar-refractivity contribution in [2.45, 2.75) is 0 Å². The van der Waals surface area contributed by atoms with Crippen LogP contribution in [-0.2, 0) is 9.59 Å². The predicted molar refractivity (Wildman–Crippen MR) is 80.3 cm³/mol. The molecular weight excluding hydrogens is 323 g/mol. The van der Waals surface area contributed by atoms with Crippen molar-refractivity contribution in [3.05, 3.63) is 40.6 Å². The first kappa shape index (κ1) is 15.0. The van der Waals surface area contributed by atoms with E-state index in [9.17, 15) is 14.0 Å².